The van der Waals surface area contributed by atoms with Crippen LogP contribution < -0.4 is 10.6 Å². The van der Waals surface area contributed by atoms with Crippen molar-refractivity contribution < 1.29 is 13.2 Å². The Morgan fingerprint density at radius 3 is 2.64 bits per heavy atom. The third-order valence-corrected chi connectivity index (χ3v) is 5.04. The summed E-state index contributed by atoms with van der Waals surface area (Å²) in [7, 11) is 0. The number of guanidine groups is 1. The van der Waals surface area contributed by atoms with Gasteiger partial charge < -0.3 is 20.0 Å². The Hall–Kier alpha value is -2.95. The summed E-state index contributed by atoms with van der Waals surface area (Å²) < 4.78 is 32.1. The lowest BCUT2D eigenvalue weighted by atomic mass is 10.1. The fraction of sp³-hybridized carbons (Fsp3) is 0.250. The van der Waals surface area contributed by atoms with Gasteiger partial charge in [-0.2, -0.15) is 0 Å². The molecule has 0 spiro atoms. The number of aromatic nitrogens is 2. The van der Waals surface area contributed by atoms with E-state index in [4.69, 9.17) is 4.42 Å². The molecule has 2 aromatic carbocycles. The molecule has 0 aliphatic heterocycles. The van der Waals surface area contributed by atoms with E-state index in [1.807, 2.05) is 13.1 Å². The van der Waals surface area contributed by atoms with Gasteiger partial charge in [0.2, 0.25) is 5.89 Å². The zero-order chi connectivity index (χ0) is 22.3. The molecule has 0 atom stereocenters. The Morgan fingerprint density at radius 1 is 1.06 bits per heavy atom. The van der Waals surface area contributed by atoms with Crippen LogP contribution in [0.2, 0.25) is 0 Å². The molecule has 4 aromatic rings. The van der Waals surface area contributed by atoms with E-state index in [0.717, 1.165) is 40.7 Å². The molecular formula is C24H26F2IN5O. The molecule has 0 bridgehead atoms. The van der Waals surface area contributed by atoms with Crippen LogP contribution in [-0.4, -0.2) is 35.6 Å². The van der Waals surface area contributed by atoms with Crippen molar-refractivity contribution in [2.45, 2.75) is 19.8 Å². The molecular weight excluding hydrogens is 539 g/mol. The molecule has 2 heterocycles. The van der Waals surface area contributed by atoms with E-state index in [1.165, 1.54) is 18.2 Å². The number of aromatic amines is 1. The van der Waals surface area contributed by atoms with E-state index in [1.54, 1.807) is 30.5 Å². The molecule has 3 N–H and O–H groups in total. The quantitative estimate of drug-likeness (QED) is 0.159. The van der Waals surface area contributed by atoms with Gasteiger partial charge in [-0.1, -0.05) is 0 Å². The number of rotatable bonds is 8. The van der Waals surface area contributed by atoms with Crippen molar-refractivity contribution in [1.82, 2.24) is 20.6 Å². The van der Waals surface area contributed by atoms with Gasteiger partial charge in [0.25, 0.3) is 0 Å². The van der Waals surface area contributed by atoms with Crippen molar-refractivity contribution in [2.24, 2.45) is 4.99 Å². The highest BCUT2D eigenvalue weighted by atomic mass is 127. The predicted molar refractivity (Wildman–Crippen MR) is 137 cm³/mol. The Kier molecular flexibility index (Phi) is 8.81. The van der Waals surface area contributed by atoms with Crippen LogP contribution in [0.15, 0.2) is 64.3 Å². The van der Waals surface area contributed by atoms with Crippen LogP contribution in [0.5, 0.6) is 0 Å². The zero-order valence-electron chi connectivity index (χ0n) is 18.2. The molecule has 0 saturated carbocycles. The van der Waals surface area contributed by atoms with E-state index >= 15 is 0 Å². The third-order valence-electron chi connectivity index (χ3n) is 5.04. The van der Waals surface area contributed by atoms with E-state index in [2.05, 4.69) is 25.6 Å². The minimum atomic E-state index is -0.296. The second-order valence-corrected chi connectivity index (χ2v) is 7.34. The first-order chi connectivity index (χ1) is 15.6. The second-order valence-electron chi connectivity index (χ2n) is 7.34. The largest absolute Gasteiger partial charge is 0.444 e. The van der Waals surface area contributed by atoms with Crippen molar-refractivity contribution >= 4 is 40.8 Å². The first kappa shape index (κ1) is 24.7. The molecule has 0 radical (unpaired) electrons. The molecule has 0 amide bonds. The minimum absolute atomic E-state index is 0. The Balaban J connectivity index is 0.00000306. The van der Waals surface area contributed by atoms with Crippen LogP contribution >= 0.6 is 24.0 Å². The summed E-state index contributed by atoms with van der Waals surface area (Å²) in [6.07, 6.45) is 4.87. The van der Waals surface area contributed by atoms with Gasteiger partial charge in [-0.3, -0.25) is 4.99 Å². The Morgan fingerprint density at radius 2 is 1.85 bits per heavy atom. The van der Waals surface area contributed by atoms with Crippen molar-refractivity contribution in [3.05, 3.63) is 77.8 Å². The molecule has 0 saturated heterocycles. The predicted octanol–water partition coefficient (Wildman–Crippen LogP) is 5.06. The summed E-state index contributed by atoms with van der Waals surface area (Å²) >= 11 is 0. The normalized spacial score (nSPS) is 11.4. The van der Waals surface area contributed by atoms with Crippen molar-refractivity contribution in [3.63, 3.8) is 0 Å². The maximum atomic E-state index is 13.6. The maximum absolute atomic E-state index is 13.6. The first-order valence-electron chi connectivity index (χ1n) is 10.6. The molecule has 6 nitrogen and oxygen atoms in total. The number of halogens is 3. The van der Waals surface area contributed by atoms with Crippen LogP contribution in [0, 0.1) is 11.6 Å². The Labute approximate surface area is 207 Å². The van der Waals surface area contributed by atoms with Gasteiger partial charge in [-0.25, -0.2) is 13.8 Å². The van der Waals surface area contributed by atoms with Gasteiger partial charge in [0.15, 0.2) is 5.96 Å². The van der Waals surface area contributed by atoms with Gasteiger partial charge in [-0.05, 0) is 61.4 Å². The SMILES string of the molecule is CCNC(=NCCc1coc(-c2ccc(F)cc2)n1)NCCc1c[nH]c2ccc(F)cc12.I. The summed E-state index contributed by atoms with van der Waals surface area (Å²) in [5.74, 6) is 0.636. The molecule has 9 heteroatoms. The molecule has 0 aliphatic carbocycles. The monoisotopic (exact) mass is 565 g/mol. The molecule has 0 unspecified atom stereocenters. The van der Waals surface area contributed by atoms with Crippen LogP contribution in [-0.2, 0) is 12.8 Å². The number of benzene rings is 2. The van der Waals surface area contributed by atoms with Crippen molar-refractivity contribution in [2.75, 3.05) is 19.6 Å². The highest BCUT2D eigenvalue weighted by Crippen LogP contribution is 2.20. The second kappa shape index (κ2) is 11.8. The smallest absolute Gasteiger partial charge is 0.226 e. The number of hydrogen-bond acceptors (Lipinski definition) is 3. The van der Waals surface area contributed by atoms with Gasteiger partial charge in [0.05, 0.1) is 5.69 Å². The number of hydrogen-bond donors (Lipinski definition) is 3. The third kappa shape index (κ3) is 6.53. The average molecular weight is 565 g/mol. The lowest BCUT2D eigenvalue weighted by molar-refractivity contribution is 0.572. The molecule has 2 aromatic heterocycles. The fourth-order valence-electron chi connectivity index (χ4n) is 3.44. The minimum Gasteiger partial charge on any atom is -0.444 e. The fourth-order valence-corrected chi connectivity index (χ4v) is 3.44. The van der Waals surface area contributed by atoms with Crippen LogP contribution in [0.1, 0.15) is 18.2 Å². The topological polar surface area (TPSA) is 78.2 Å². The number of fused-ring (bicyclic) bond motifs is 1. The number of H-pyrrole nitrogens is 1. The van der Waals surface area contributed by atoms with E-state index in [9.17, 15) is 8.78 Å². The molecule has 4 rings (SSSR count). The molecule has 174 valence electrons. The molecule has 0 fully saturated rings. The van der Waals surface area contributed by atoms with Crippen LogP contribution in [0.4, 0.5) is 8.78 Å². The van der Waals surface area contributed by atoms with Crippen LogP contribution in [0.25, 0.3) is 22.4 Å². The van der Waals surface area contributed by atoms with Gasteiger partial charge in [0, 0.05) is 48.7 Å². The summed E-state index contributed by atoms with van der Waals surface area (Å²) in [5.41, 5.74) is 3.49. The zero-order valence-corrected chi connectivity index (χ0v) is 20.5. The van der Waals surface area contributed by atoms with Gasteiger partial charge in [-0.15, -0.1) is 24.0 Å². The number of oxazole rings is 1. The van der Waals surface area contributed by atoms with E-state index in [0.29, 0.717) is 31.4 Å². The van der Waals surface area contributed by atoms with Crippen molar-refractivity contribution in [3.8, 4) is 11.5 Å². The molecule has 33 heavy (non-hydrogen) atoms. The van der Waals surface area contributed by atoms with E-state index < -0.39 is 0 Å². The highest BCUT2D eigenvalue weighted by Gasteiger charge is 2.08. The van der Waals surface area contributed by atoms with Gasteiger partial charge >= 0.3 is 0 Å². The number of nitrogens with zero attached hydrogens (tertiary/aromatic N) is 2. The lowest BCUT2D eigenvalue weighted by Gasteiger charge is -2.11. The van der Waals surface area contributed by atoms with Gasteiger partial charge in [0.1, 0.15) is 17.9 Å². The standard InChI is InChI=1S/C24H25F2N5O.HI/c1-2-27-24(28-11-9-17-14-30-22-8-7-19(26)13-21(17)22)29-12-10-20-15-32-23(31-20)16-3-5-18(25)6-4-16;/h3-8,13-15,30H,2,9-12H2,1H3,(H2,27,28,29);1H. The number of aliphatic imine (C=N–C) groups is 1. The summed E-state index contributed by atoms with van der Waals surface area (Å²) in [6.45, 7) is 3.94. The number of nitrogens with one attached hydrogen (secondary N) is 3. The maximum Gasteiger partial charge on any atom is 0.226 e. The van der Waals surface area contributed by atoms with Crippen molar-refractivity contribution in [1.29, 1.82) is 0 Å². The average Bonchev–Trinajstić information content (AvgIpc) is 3.41. The summed E-state index contributed by atoms with van der Waals surface area (Å²) in [4.78, 5) is 12.2. The first-order valence-corrected chi connectivity index (χ1v) is 10.6. The molecule has 0 aliphatic rings. The lowest BCUT2D eigenvalue weighted by Crippen LogP contribution is -2.38. The Bertz CT molecular complexity index is 1200. The summed E-state index contributed by atoms with van der Waals surface area (Å²) in [5, 5.41) is 7.44. The summed E-state index contributed by atoms with van der Waals surface area (Å²) in [6, 6.07) is 10.8. The van der Waals surface area contributed by atoms with E-state index in [-0.39, 0.29) is 35.6 Å². The highest BCUT2D eigenvalue weighted by molar-refractivity contribution is 14.0. The van der Waals surface area contributed by atoms with Crippen LogP contribution in [0.3, 0.4) is 0 Å².